The molecule has 1 N–H and O–H groups in total. The Morgan fingerprint density at radius 1 is 1.36 bits per heavy atom. The molecule has 3 nitrogen and oxygen atoms in total. The SMILES string of the molecule is CC(=O)c1cc(OCC2CC3CCC2(C)C3(C)C)ccc1O. The van der Waals surface area contributed by atoms with Crippen molar-refractivity contribution in [3.8, 4) is 11.5 Å². The predicted molar refractivity (Wildman–Crippen MR) is 86.3 cm³/mol. The van der Waals surface area contributed by atoms with Gasteiger partial charge < -0.3 is 9.84 Å². The Kier molecular flexibility index (Phi) is 3.50. The van der Waals surface area contributed by atoms with Crippen LogP contribution in [0.15, 0.2) is 18.2 Å². The van der Waals surface area contributed by atoms with Crippen molar-refractivity contribution in [2.24, 2.45) is 22.7 Å². The van der Waals surface area contributed by atoms with E-state index in [4.69, 9.17) is 4.74 Å². The van der Waals surface area contributed by atoms with Crippen molar-refractivity contribution in [2.75, 3.05) is 6.61 Å². The molecule has 3 rings (SSSR count). The molecule has 3 unspecified atom stereocenters. The van der Waals surface area contributed by atoms with Crippen molar-refractivity contribution >= 4 is 5.78 Å². The molecule has 0 saturated heterocycles. The lowest BCUT2D eigenvalue weighted by atomic mass is 9.67. The van der Waals surface area contributed by atoms with Crippen LogP contribution in [0.2, 0.25) is 0 Å². The second-order valence-corrected chi connectivity index (χ2v) is 7.85. The lowest BCUT2D eigenvalue weighted by Gasteiger charge is -2.39. The fraction of sp³-hybridized carbons (Fsp3) is 0.632. The molecule has 0 heterocycles. The number of aromatic hydroxyl groups is 1. The van der Waals surface area contributed by atoms with Crippen molar-refractivity contribution in [1.82, 2.24) is 0 Å². The van der Waals surface area contributed by atoms with Crippen molar-refractivity contribution in [3.05, 3.63) is 23.8 Å². The largest absolute Gasteiger partial charge is 0.507 e. The summed E-state index contributed by atoms with van der Waals surface area (Å²) in [6.07, 6.45) is 3.86. The molecule has 3 heteroatoms. The van der Waals surface area contributed by atoms with Gasteiger partial charge in [-0.2, -0.15) is 0 Å². The maximum absolute atomic E-state index is 11.5. The molecule has 2 aliphatic carbocycles. The molecule has 120 valence electrons. The van der Waals surface area contributed by atoms with Crippen molar-refractivity contribution < 1.29 is 14.6 Å². The topological polar surface area (TPSA) is 46.5 Å². The van der Waals surface area contributed by atoms with E-state index in [1.165, 1.54) is 26.2 Å². The van der Waals surface area contributed by atoms with Crippen LogP contribution in [0.4, 0.5) is 0 Å². The van der Waals surface area contributed by atoms with Gasteiger partial charge in [0.05, 0.1) is 12.2 Å². The normalized spacial score (nSPS) is 32.2. The molecule has 0 aliphatic heterocycles. The van der Waals surface area contributed by atoms with Gasteiger partial charge in [-0.15, -0.1) is 0 Å². The summed E-state index contributed by atoms with van der Waals surface area (Å²) in [6, 6.07) is 4.93. The number of fused-ring (bicyclic) bond motifs is 2. The van der Waals surface area contributed by atoms with E-state index in [0.29, 0.717) is 34.7 Å². The van der Waals surface area contributed by atoms with Crippen molar-refractivity contribution in [2.45, 2.75) is 47.0 Å². The van der Waals surface area contributed by atoms with E-state index in [1.807, 2.05) is 0 Å². The van der Waals surface area contributed by atoms with E-state index in [-0.39, 0.29) is 11.5 Å². The Morgan fingerprint density at radius 2 is 2.09 bits per heavy atom. The van der Waals surface area contributed by atoms with E-state index in [2.05, 4.69) is 20.8 Å². The molecule has 0 radical (unpaired) electrons. The number of ketones is 1. The van der Waals surface area contributed by atoms with Crippen molar-refractivity contribution in [1.29, 1.82) is 0 Å². The predicted octanol–water partition coefficient (Wildman–Crippen LogP) is 4.44. The molecule has 0 aromatic heterocycles. The second-order valence-electron chi connectivity index (χ2n) is 7.85. The highest BCUT2D eigenvalue weighted by Gasteiger charge is 2.61. The third-order valence-electron chi connectivity index (χ3n) is 6.77. The van der Waals surface area contributed by atoms with Gasteiger partial charge >= 0.3 is 0 Å². The van der Waals surface area contributed by atoms with Gasteiger partial charge in [0.1, 0.15) is 11.5 Å². The third-order valence-corrected chi connectivity index (χ3v) is 6.77. The molecule has 3 atom stereocenters. The summed E-state index contributed by atoms with van der Waals surface area (Å²) in [5, 5.41) is 9.70. The van der Waals surface area contributed by atoms with Crippen LogP contribution >= 0.6 is 0 Å². The first kappa shape index (κ1) is 15.4. The maximum Gasteiger partial charge on any atom is 0.163 e. The number of ether oxygens (including phenoxy) is 1. The average Bonchev–Trinajstić information content (AvgIpc) is 2.79. The van der Waals surface area contributed by atoms with Gasteiger partial charge in [0, 0.05) is 0 Å². The van der Waals surface area contributed by atoms with E-state index >= 15 is 0 Å². The van der Waals surface area contributed by atoms with Crippen LogP contribution in [-0.4, -0.2) is 17.5 Å². The van der Waals surface area contributed by atoms with Crippen LogP contribution in [-0.2, 0) is 0 Å². The van der Waals surface area contributed by atoms with E-state index < -0.39 is 0 Å². The standard InChI is InChI=1S/C19H26O3/c1-12(20)16-10-15(5-6-17(16)21)22-11-14-9-13-7-8-19(14,4)18(13,2)3/h5-6,10,13-14,21H,7-9,11H2,1-4H3. The van der Waals surface area contributed by atoms with E-state index in [0.717, 1.165) is 5.92 Å². The molecule has 1 aromatic carbocycles. The third kappa shape index (κ3) is 2.13. The van der Waals surface area contributed by atoms with Crippen LogP contribution in [0.25, 0.3) is 0 Å². The minimum Gasteiger partial charge on any atom is -0.507 e. The number of hydrogen-bond acceptors (Lipinski definition) is 3. The van der Waals surface area contributed by atoms with Gasteiger partial charge in [-0.25, -0.2) is 0 Å². The Bertz CT molecular complexity index is 605. The lowest BCUT2D eigenvalue weighted by Crippen LogP contribution is -2.35. The summed E-state index contributed by atoms with van der Waals surface area (Å²) in [4.78, 5) is 11.5. The minimum atomic E-state index is -0.143. The number of rotatable bonds is 4. The lowest BCUT2D eigenvalue weighted by molar-refractivity contribution is 0.0700. The maximum atomic E-state index is 11.5. The van der Waals surface area contributed by atoms with Gasteiger partial charge in [0.2, 0.25) is 0 Å². The monoisotopic (exact) mass is 302 g/mol. The van der Waals surface area contributed by atoms with Gasteiger partial charge in [0.15, 0.2) is 5.78 Å². The highest BCUT2D eigenvalue weighted by molar-refractivity contribution is 5.97. The smallest absolute Gasteiger partial charge is 0.163 e. The fourth-order valence-corrected chi connectivity index (χ4v) is 4.71. The Morgan fingerprint density at radius 3 is 2.64 bits per heavy atom. The van der Waals surface area contributed by atoms with E-state index in [9.17, 15) is 9.90 Å². The van der Waals surface area contributed by atoms with Crippen LogP contribution in [0.5, 0.6) is 11.5 Å². The first-order chi connectivity index (χ1) is 10.3. The zero-order valence-corrected chi connectivity index (χ0v) is 14.0. The quantitative estimate of drug-likeness (QED) is 0.837. The summed E-state index contributed by atoms with van der Waals surface area (Å²) in [7, 11) is 0. The van der Waals surface area contributed by atoms with Gasteiger partial charge in [-0.05, 0) is 67.1 Å². The minimum absolute atomic E-state index is 0.0212. The highest BCUT2D eigenvalue weighted by Crippen LogP contribution is 2.68. The summed E-state index contributed by atoms with van der Waals surface area (Å²) >= 11 is 0. The first-order valence-corrected chi connectivity index (χ1v) is 8.22. The highest BCUT2D eigenvalue weighted by atomic mass is 16.5. The molecular weight excluding hydrogens is 276 g/mol. The number of phenols is 1. The number of carbonyl (C=O) groups excluding carboxylic acids is 1. The van der Waals surface area contributed by atoms with Crippen LogP contribution in [0.1, 0.15) is 57.3 Å². The summed E-state index contributed by atoms with van der Waals surface area (Å²) in [5.74, 6) is 1.92. The number of carbonyl (C=O) groups is 1. The molecule has 2 saturated carbocycles. The number of benzene rings is 1. The summed E-state index contributed by atoms with van der Waals surface area (Å²) < 4.78 is 5.98. The Balaban J connectivity index is 1.72. The van der Waals surface area contributed by atoms with Crippen LogP contribution in [0, 0.1) is 22.7 Å². The average molecular weight is 302 g/mol. The Labute approximate surface area is 132 Å². The molecule has 1 aromatic rings. The molecule has 2 fully saturated rings. The van der Waals surface area contributed by atoms with Crippen LogP contribution < -0.4 is 4.74 Å². The fourth-order valence-electron chi connectivity index (χ4n) is 4.71. The molecule has 22 heavy (non-hydrogen) atoms. The second kappa shape index (κ2) is 5.00. The van der Waals surface area contributed by atoms with Gasteiger partial charge in [-0.3, -0.25) is 4.79 Å². The molecular formula is C19H26O3. The van der Waals surface area contributed by atoms with Crippen molar-refractivity contribution in [3.63, 3.8) is 0 Å². The number of Topliss-reactive ketones (excluding diaryl/α,β-unsaturated/α-hetero) is 1. The zero-order valence-electron chi connectivity index (χ0n) is 14.0. The Hall–Kier alpha value is -1.51. The molecule has 2 aliphatic rings. The molecule has 0 amide bonds. The molecule has 2 bridgehead atoms. The van der Waals surface area contributed by atoms with Gasteiger partial charge in [0.25, 0.3) is 0 Å². The van der Waals surface area contributed by atoms with Gasteiger partial charge in [-0.1, -0.05) is 20.8 Å². The van der Waals surface area contributed by atoms with Crippen LogP contribution in [0.3, 0.4) is 0 Å². The summed E-state index contributed by atoms with van der Waals surface area (Å²) in [5.41, 5.74) is 1.07. The summed E-state index contributed by atoms with van der Waals surface area (Å²) in [6.45, 7) is 9.36. The molecule has 0 spiro atoms. The number of hydrogen-bond donors (Lipinski definition) is 1. The number of phenolic OH excluding ortho intramolecular Hbond substituents is 1. The zero-order chi connectivity index (χ0) is 16.1. The first-order valence-electron chi connectivity index (χ1n) is 8.22. The van der Waals surface area contributed by atoms with E-state index in [1.54, 1.807) is 18.2 Å².